The van der Waals surface area contributed by atoms with E-state index in [0.717, 1.165) is 64.2 Å². The molecule has 1 aliphatic heterocycles. The van der Waals surface area contributed by atoms with Crippen LogP contribution in [-0.4, -0.2) is 100 Å². The predicted molar refractivity (Wildman–Crippen MR) is 288 cm³/mol. The van der Waals surface area contributed by atoms with Gasteiger partial charge in [-0.15, -0.1) is 0 Å². The quantitative estimate of drug-likeness (QED) is 0.0195. The summed E-state index contributed by atoms with van der Waals surface area (Å²) in [5.41, 5.74) is 0. The third kappa shape index (κ3) is 38.9. The molecule has 11 nitrogen and oxygen atoms in total. The highest BCUT2D eigenvalue weighted by Gasteiger charge is 2.44. The van der Waals surface area contributed by atoms with Gasteiger partial charge in [-0.1, -0.05) is 257 Å². The van der Waals surface area contributed by atoms with Gasteiger partial charge in [0.25, 0.3) is 0 Å². The van der Waals surface area contributed by atoms with Crippen LogP contribution < -0.4 is 5.32 Å². The van der Waals surface area contributed by atoms with Gasteiger partial charge in [-0.3, -0.25) is 9.59 Å². The number of hydrogen-bond donors (Lipinski definition) is 6. The van der Waals surface area contributed by atoms with Crippen LogP contribution in [0.25, 0.3) is 0 Å². The van der Waals surface area contributed by atoms with E-state index in [1.54, 1.807) is 6.08 Å². The molecule has 414 valence electrons. The van der Waals surface area contributed by atoms with Crippen LogP contribution >= 0.6 is 0 Å². The number of esters is 1. The van der Waals surface area contributed by atoms with Crippen LogP contribution in [0.3, 0.4) is 0 Å². The van der Waals surface area contributed by atoms with Crippen LogP contribution in [0, 0.1) is 0 Å². The Kier molecular flexibility index (Phi) is 47.1. The number of amides is 1. The maximum absolute atomic E-state index is 13.0. The second-order valence-corrected chi connectivity index (χ2v) is 21.1. The van der Waals surface area contributed by atoms with Gasteiger partial charge in [0.2, 0.25) is 5.91 Å². The van der Waals surface area contributed by atoms with Gasteiger partial charge in [0.15, 0.2) is 6.29 Å². The van der Waals surface area contributed by atoms with Crippen molar-refractivity contribution in [2.24, 2.45) is 0 Å². The fourth-order valence-electron chi connectivity index (χ4n) is 9.61. The van der Waals surface area contributed by atoms with Crippen molar-refractivity contribution in [3.63, 3.8) is 0 Å². The van der Waals surface area contributed by atoms with Crippen molar-refractivity contribution in [2.45, 2.75) is 333 Å². The van der Waals surface area contributed by atoms with Crippen LogP contribution in [0.15, 0.2) is 12.2 Å². The third-order valence-corrected chi connectivity index (χ3v) is 14.4. The molecule has 1 heterocycles. The first-order valence-electron chi connectivity index (χ1n) is 30.0. The van der Waals surface area contributed by atoms with E-state index in [1.807, 2.05) is 6.08 Å². The number of ether oxygens (including phenoxy) is 3. The van der Waals surface area contributed by atoms with E-state index in [0.29, 0.717) is 19.4 Å². The number of unbranched alkanes of at least 4 members (excludes halogenated alkanes) is 38. The summed E-state index contributed by atoms with van der Waals surface area (Å²) in [5.74, 6) is -0.196. The second-order valence-electron chi connectivity index (χ2n) is 21.1. The summed E-state index contributed by atoms with van der Waals surface area (Å²) in [7, 11) is 0. The molecule has 0 aliphatic carbocycles. The van der Waals surface area contributed by atoms with E-state index >= 15 is 0 Å². The predicted octanol–water partition coefficient (Wildman–Crippen LogP) is 13.6. The van der Waals surface area contributed by atoms with E-state index in [2.05, 4.69) is 19.2 Å². The van der Waals surface area contributed by atoms with Crippen molar-refractivity contribution in [1.82, 2.24) is 5.32 Å². The first kappa shape index (κ1) is 66.4. The topological polar surface area (TPSA) is 175 Å². The summed E-state index contributed by atoms with van der Waals surface area (Å²) < 4.78 is 16.7. The van der Waals surface area contributed by atoms with Gasteiger partial charge in [-0.05, 0) is 32.1 Å². The fourth-order valence-corrected chi connectivity index (χ4v) is 9.61. The summed E-state index contributed by atoms with van der Waals surface area (Å²) in [6.45, 7) is 4.31. The summed E-state index contributed by atoms with van der Waals surface area (Å²) in [6.07, 6.45) is 47.4. The molecule has 0 aromatic carbocycles. The molecule has 0 saturated carbocycles. The van der Waals surface area contributed by atoms with E-state index in [1.165, 1.54) is 199 Å². The number of nitrogens with one attached hydrogen (secondary N) is 1. The molecule has 7 unspecified atom stereocenters. The number of carbonyl (C=O) groups is 2. The lowest BCUT2D eigenvalue weighted by Gasteiger charge is -2.40. The highest BCUT2D eigenvalue weighted by molar-refractivity contribution is 5.76. The lowest BCUT2D eigenvalue weighted by atomic mass is 9.99. The van der Waals surface area contributed by atoms with Crippen molar-refractivity contribution in [3.8, 4) is 0 Å². The maximum Gasteiger partial charge on any atom is 0.305 e. The normalized spacial score (nSPS) is 19.2. The molecular formula is C59H113NO10. The molecule has 6 N–H and O–H groups in total. The molecule has 0 aromatic rings. The van der Waals surface area contributed by atoms with Crippen LogP contribution in [0.2, 0.25) is 0 Å². The monoisotopic (exact) mass is 996 g/mol. The second kappa shape index (κ2) is 49.6. The number of carbonyl (C=O) groups excluding carboxylic acids is 2. The van der Waals surface area contributed by atoms with Gasteiger partial charge < -0.3 is 45.1 Å². The van der Waals surface area contributed by atoms with Crippen LogP contribution in [-0.2, 0) is 23.8 Å². The van der Waals surface area contributed by atoms with Gasteiger partial charge >= 0.3 is 5.97 Å². The van der Waals surface area contributed by atoms with Crippen molar-refractivity contribution in [1.29, 1.82) is 0 Å². The molecule has 1 aliphatic rings. The van der Waals surface area contributed by atoms with Crippen LogP contribution in [0.1, 0.15) is 290 Å². The summed E-state index contributed by atoms with van der Waals surface area (Å²) >= 11 is 0. The Morgan fingerprint density at radius 3 is 1.33 bits per heavy atom. The van der Waals surface area contributed by atoms with Gasteiger partial charge in [0.1, 0.15) is 24.4 Å². The zero-order valence-electron chi connectivity index (χ0n) is 45.5. The molecule has 1 rings (SSSR count). The molecular weight excluding hydrogens is 883 g/mol. The third-order valence-electron chi connectivity index (χ3n) is 14.4. The minimum Gasteiger partial charge on any atom is -0.466 e. The Balaban J connectivity index is 2.01. The van der Waals surface area contributed by atoms with Crippen molar-refractivity contribution in [3.05, 3.63) is 12.2 Å². The number of aliphatic hydroxyl groups excluding tert-OH is 5. The van der Waals surface area contributed by atoms with Gasteiger partial charge in [0.05, 0.1) is 32.0 Å². The van der Waals surface area contributed by atoms with Crippen LogP contribution in [0.5, 0.6) is 0 Å². The average molecular weight is 997 g/mol. The molecule has 1 saturated heterocycles. The van der Waals surface area contributed by atoms with Crippen molar-refractivity contribution < 1.29 is 49.3 Å². The molecule has 1 amide bonds. The maximum atomic E-state index is 13.0. The minimum atomic E-state index is -1.57. The smallest absolute Gasteiger partial charge is 0.305 e. The first-order valence-corrected chi connectivity index (χ1v) is 30.0. The molecule has 7 atom stereocenters. The van der Waals surface area contributed by atoms with Crippen LogP contribution in [0.4, 0.5) is 0 Å². The molecule has 0 spiro atoms. The Hall–Kier alpha value is -1.60. The Labute approximate surface area is 429 Å². The SMILES string of the molecule is CCCCCCCCC/C=C/C(O)C(COC1OC(CO)C(O)C(O)C1O)NC(=O)CCCCCCCCCCCCCCCCCCCOC(=O)CCCCCCCCCCCCCCCCCC. The first-order chi connectivity index (χ1) is 34.2. The number of rotatable bonds is 52. The zero-order chi connectivity index (χ0) is 51.0. The van der Waals surface area contributed by atoms with E-state index in [-0.39, 0.29) is 18.5 Å². The van der Waals surface area contributed by atoms with Gasteiger partial charge in [0, 0.05) is 12.8 Å². The molecule has 1 fully saturated rings. The fraction of sp³-hybridized carbons (Fsp3) is 0.932. The molecule has 0 bridgehead atoms. The van der Waals surface area contributed by atoms with Gasteiger partial charge in [-0.2, -0.15) is 0 Å². The Morgan fingerprint density at radius 2 is 0.900 bits per heavy atom. The summed E-state index contributed by atoms with van der Waals surface area (Å²) in [6, 6.07) is -0.811. The Bertz CT molecular complexity index is 1170. The van der Waals surface area contributed by atoms with E-state index < -0.39 is 49.5 Å². The minimum absolute atomic E-state index is 0.00771. The summed E-state index contributed by atoms with van der Waals surface area (Å²) in [5, 5.41) is 54.2. The molecule has 11 heteroatoms. The van der Waals surface area contributed by atoms with Crippen molar-refractivity contribution >= 4 is 11.9 Å². The largest absolute Gasteiger partial charge is 0.466 e. The number of aliphatic hydroxyl groups is 5. The number of allylic oxidation sites excluding steroid dienone is 1. The highest BCUT2D eigenvalue weighted by Crippen LogP contribution is 2.23. The van der Waals surface area contributed by atoms with E-state index in [4.69, 9.17) is 14.2 Å². The number of hydrogen-bond acceptors (Lipinski definition) is 10. The molecule has 0 radical (unpaired) electrons. The van der Waals surface area contributed by atoms with Crippen molar-refractivity contribution in [2.75, 3.05) is 19.8 Å². The Morgan fingerprint density at radius 1 is 0.514 bits per heavy atom. The lowest BCUT2D eigenvalue weighted by Crippen LogP contribution is -2.60. The average Bonchev–Trinajstić information content (AvgIpc) is 3.36. The molecule has 0 aromatic heterocycles. The van der Waals surface area contributed by atoms with Gasteiger partial charge in [-0.25, -0.2) is 0 Å². The standard InChI is InChI=1S/C59H113NO10/c1-3-5-7-9-11-13-14-15-16-21-24-27-31-35-39-43-47-55(64)68-48-44-40-36-32-28-25-22-19-17-18-20-23-26-30-34-38-42-46-54(63)60-51(52(62)45-41-37-33-29-12-10-8-6-4-2)50-69-59-58(67)57(66)56(65)53(49-61)70-59/h41,45,51-53,56-59,61-62,65-67H,3-40,42-44,46-50H2,1-2H3,(H,60,63)/b45-41+. The molecule has 70 heavy (non-hydrogen) atoms. The lowest BCUT2D eigenvalue weighted by molar-refractivity contribution is -0.302. The summed E-state index contributed by atoms with van der Waals surface area (Å²) in [4.78, 5) is 25.1. The zero-order valence-corrected chi connectivity index (χ0v) is 45.5. The van der Waals surface area contributed by atoms with E-state index in [9.17, 15) is 35.1 Å². The highest BCUT2D eigenvalue weighted by atomic mass is 16.7.